The molecule has 4 nitrogen and oxygen atoms in total. The zero-order chi connectivity index (χ0) is 20.9. The van der Waals surface area contributed by atoms with Crippen LogP contribution in [0.5, 0.6) is 0 Å². The molecule has 0 saturated carbocycles. The summed E-state index contributed by atoms with van der Waals surface area (Å²) >= 11 is 0. The van der Waals surface area contributed by atoms with E-state index < -0.39 is 0 Å². The van der Waals surface area contributed by atoms with Gasteiger partial charge in [0.05, 0.1) is 13.2 Å². The van der Waals surface area contributed by atoms with Gasteiger partial charge in [-0.1, -0.05) is 91.4 Å². The van der Waals surface area contributed by atoms with Gasteiger partial charge < -0.3 is 9.47 Å². The highest BCUT2D eigenvalue weighted by Gasteiger charge is 2.10. The Morgan fingerprint density at radius 3 is 1.71 bits per heavy atom. The summed E-state index contributed by atoms with van der Waals surface area (Å²) in [5, 5.41) is 0. The van der Waals surface area contributed by atoms with Crippen molar-refractivity contribution in [3.8, 4) is 0 Å². The van der Waals surface area contributed by atoms with Crippen LogP contribution in [-0.4, -0.2) is 25.2 Å². The number of unbranched alkanes of at least 4 members (excludes halogenated alkanes) is 10. The van der Waals surface area contributed by atoms with Crippen LogP contribution in [0.3, 0.4) is 0 Å². The van der Waals surface area contributed by atoms with E-state index in [0.717, 1.165) is 57.8 Å². The topological polar surface area (TPSA) is 52.6 Å². The third-order valence-electron chi connectivity index (χ3n) is 5.11. The first-order chi connectivity index (χ1) is 13.6. The average molecular weight is 399 g/mol. The Morgan fingerprint density at radius 2 is 1.14 bits per heavy atom. The van der Waals surface area contributed by atoms with Gasteiger partial charge in [0, 0.05) is 12.8 Å². The monoisotopic (exact) mass is 398 g/mol. The lowest BCUT2D eigenvalue weighted by Gasteiger charge is -2.11. The number of carbonyl (C=O) groups excluding carboxylic acids is 2. The molecule has 0 fully saturated rings. The van der Waals surface area contributed by atoms with Crippen LogP contribution in [0.25, 0.3) is 0 Å². The van der Waals surface area contributed by atoms with E-state index in [9.17, 15) is 9.59 Å². The van der Waals surface area contributed by atoms with Crippen molar-refractivity contribution in [1.82, 2.24) is 0 Å². The minimum atomic E-state index is -0.0347. The summed E-state index contributed by atoms with van der Waals surface area (Å²) in [5.74, 6) is 0.350. The number of hydrogen-bond donors (Lipinski definition) is 0. The molecule has 0 aromatic heterocycles. The first kappa shape index (κ1) is 26.9. The summed E-state index contributed by atoms with van der Waals surface area (Å²) in [4.78, 5) is 23.3. The van der Waals surface area contributed by atoms with Gasteiger partial charge in [-0.15, -0.1) is 0 Å². The Bertz CT molecular complexity index is 368. The highest BCUT2D eigenvalue weighted by molar-refractivity contribution is 5.69. The Hall–Kier alpha value is -1.06. The fraction of sp³-hybridized carbons (Fsp3) is 0.917. The zero-order valence-corrected chi connectivity index (χ0v) is 18.9. The summed E-state index contributed by atoms with van der Waals surface area (Å²) in [6.07, 6.45) is 16.9. The van der Waals surface area contributed by atoms with Crippen LogP contribution in [0.15, 0.2) is 0 Å². The molecule has 0 N–H and O–H groups in total. The maximum absolute atomic E-state index is 11.7. The first-order valence-corrected chi connectivity index (χ1v) is 11.9. The second-order valence-electron chi connectivity index (χ2n) is 8.18. The molecule has 0 saturated heterocycles. The summed E-state index contributed by atoms with van der Waals surface area (Å²) in [7, 11) is 0. The van der Waals surface area contributed by atoms with Crippen molar-refractivity contribution in [2.24, 2.45) is 5.92 Å². The molecule has 1 unspecified atom stereocenters. The number of hydrogen-bond acceptors (Lipinski definition) is 4. The van der Waals surface area contributed by atoms with E-state index in [1.54, 1.807) is 0 Å². The third kappa shape index (κ3) is 19.7. The lowest BCUT2D eigenvalue weighted by Crippen LogP contribution is -2.10. The highest BCUT2D eigenvalue weighted by atomic mass is 16.5. The van der Waals surface area contributed by atoms with E-state index in [0.29, 0.717) is 32.0 Å². The predicted octanol–water partition coefficient (Wildman–Crippen LogP) is 6.99. The van der Waals surface area contributed by atoms with E-state index in [1.807, 2.05) is 0 Å². The van der Waals surface area contributed by atoms with Crippen molar-refractivity contribution < 1.29 is 19.1 Å². The molecule has 0 spiro atoms. The molecule has 0 radical (unpaired) electrons. The van der Waals surface area contributed by atoms with Crippen LogP contribution in [0.4, 0.5) is 0 Å². The van der Waals surface area contributed by atoms with E-state index in [1.165, 1.54) is 32.1 Å². The SMILES string of the molecule is CCCCCOC(=O)CCCCCCCCCC(C)CC(=O)OCCCCC. The minimum absolute atomic E-state index is 0.0334. The van der Waals surface area contributed by atoms with Gasteiger partial charge in [0.25, 0.3) is 0 Å². The summed E-state index contributed by atoms with van der Waals surface area (Å²) in [6.45, 7) is 7.61. The third-order valence-corrected chi connectivity index (χ3v) is 5.11. The number of ether oxygens (including phenoxy) is 2. The second-order valence-corrected chi connectivity index (χ2v) is 8.18. The second kappa shape index (κ2) is 20.7. The van der Waals surface area contributed by atoms with Crippen molar-refractivity contribution in [3.05, 3.63) is 0 Å². The van der Waals surface area contributed by atoms with Gasteiger partial charge in [0.15, 0.2) is 0 Å². The highest BCUT2D eigenvalue weighted by Crippen LogP contribution is 2.16. The average Bonchev–Trinajstić information content (AvgIpc) is 2.67. The van der Waals surface area contributed by atoms with Crippen molar-refractivity contribution in [3.63, 3.8) is 0 Å². The van der Waals surface area contributed by atoms with Crippen molar-refractivity contribution in [2.75, 3.05) is 13.2 Å². The van der Waals surface area contributed by atoms with Gasteiger partial charge in [0.1, 0.15) is 0 Å². The lowest BCUT2D eigenvalue weighted by atomic mass is 9.99. The van der Waals surface area contributed by atoms with Gasteiger partial charge in [-0.3, -0.25) is 9.59 Å². The molecule has 28 heavy (non-hydrogen) atoms. The summed E-state index contributed by atoms with van der Waals surface area (Å²) in [5.41, 5.74) is 0. The fourth-order valence-corrected chi connectivity index (χ4v) is 3.24. The Kier molecular flexibility index (Phi) is 19.9. The quantitative estimate of drug-likeness (QED) is 0.164. The Labute approximate surface area is 174 Å². The molecule has 166 valence electrons. The minimum Gasteiger partial charge on any atom is -0.466 e. The van der Waals surface area contributed by atoms with Gasteiger partial charge in [-0.25, -0.2) is 0 Å². The maximum atomic E-state index is 11.7. The molecule has 0 amide bonds. The van der Waals surface area contributed by atoms with Gasteiger partial charge in [-0.05, 0) is 25.2 Å². The number of rotatable bonds is 20. The van der Waals surface area contributed by atoms with Crippen LogP contribution in [0, 0.1) is 5.92 Å². The number of esters is 2. The molecule has 0 aliphatic carbocycles. The molecule has 0 aromatic carbocycles. The van der Waals surface area contributed by atoms with Crippen molar-refractivity contribution >= 4 is 11.9 Å². The molecular formula is C24H46O4. The van der Waals surface area contributed by atoms with Crippen molar-refractivity contribution in [2.45, 2.75) is 124 Å². The molecule has 4 heteroatoms. The standard InChI is InChI=1S/C24H46O4/c1-4-6-15-19-27-23(25)18-14-12-10-8-9-11-13-17-22(3)21-24(26)28-20-16-7-5-2/h22H,4-21H2,1-3H3. The molecule has 1 atom stereocenters. The van der Waals surface area contributed by atoms with Crippen LogP contribution in [0.1, 0.15) is 124 Å². The first-order valence-electron chi connectivity index (χ1n) is 11.9. The van der Waals surface area contributed by atoms with Crippen molar-refractivity contribution in [1.29, 1.82) is 0 Å². The fourth-order valence-electron chi connectivity index (χ4n) is 3.24. The van der Waals surface area contributed by atoms with E-state index >= 15 is 0 Å². The molecule has 0 aromatic rings. The van der Waals surface area contributed by atoms with Gasteiger partial charge in [-0.2, -0.15) is 0 Å². The zero-order valence-electron chi connectivity index (χ0n) is 18.9. The Balaban J connectivity index is 3.35. The van der Waals surface area contributed by atoms with E-state index in [2.05, 4.69) is 20.8 Å². The molecule has 0 heterocycles. The summed E-state index contributed by atoms with van der Waals surface area (Å²) in [6, 6.07) is 0. The van der Waals surface area contributed by atoms with Crippen LogP contribution >= 0.6 is 0 Å². The molecular weight excluding hydrogens is 352 g/mol. The molecule has 0 bridgehead atoms. The molecule has 0 aliphatic rings. The van der Waals surface area contributed by atoms with E-state index in [-0.39, 0.29) is 11.9 Å². The Morgan fingerprint density at radius 1 is 0.643 bits per heavy atom. The number of carbonyl (C=O) groups is 2. The molecule has 0 rings (SSSR count). The predicted molar refractivity (Wildman–Crippen MR) is 116 cm³/mol. The normalized spacial score (nSPS) is 12.0. The van der Waals surface area contributed by atoms with Crippen LogP contribution in [0.2, 0.25) is 0 Å². The van der Waals surface area contributed by atoms with E-state index in [4.69, 9.17) is 9.47 Å². The maximum Gasteiger partial charge on any atom is 0.306 e. The molecule has 0 aliphatic heterocycles. The van der Waals surface area contributed by atoms with Gasteiger partial charge >= 0.3 is 11.9 Å². The van der Waals surface area contributed by atoms with Gasteiger partial charge in [0.2, 0.25) is 0 Å². The van der Waals surface area contributed by atoms with Crippen LogP contribution in [-0.2, 0) is 19.1 Å². The largest absolute Gasteiger partial charge is 0.466 e. The smallest absolute Gasteiger partial charge is 0.306 e. The van der Waals surface area contributed by atoms with Crippen LogP contribution < -0.4 is 0 Å². The lowest BCUT2D eigenvalue weighted by molar-refractivity contribution is -0.145. The summed E-state index contributed by atoms with van der Waals surface area (Å²) < 4.78 is 10.5.